The van der Waals surface area contributed by atoms with Crippen molar-refractivity contribution in [2.24, 2.45) is 0 Å². The smallest absolute Gasteiger partial charge is 0.0190 e. The van der Waals surface area contributed by atoms with E-state index in [1.54, 1.807) is 0 Å². The van der Waals surface area contributed by atoms with E-state index in [0.717, 1.165) is 0 Å². The van der Waals surface area contributed by atoms with E-state index >= 15 is 0 Å². The minimum Gasteiger partial charge on any atom is -0.0622 e. The predicted molar refractivity (Wildman–Crippen MR) is 78.9 cm³/mol. The van der Waals surface area contributed by atoms with Gasteiger partial charge in [0, 0.05) is 0 Å². The summed E-state index contributed by atoms with van der Waals surface area (Å²) in [6.07, 6.45) is 5.10. The fourth-order valence-electron chi connectivity index (χ4n) is 2.37. The Morgan fingerprint density at radius 3 is 2.06 bits per heavy atom. The number of unbranched alkanes of at least 4 members (excludes halogenated alkanes) is 1. The minimum atomic E-state index is 0.682. The lowest BCUT2D eigenvalue weighted by molar-refractivity contribution is 0.604. The number of hydrogen-bond donors (Lipinski definition) is 0. The van der Waals surface area contributed by atoms with E-state index in [9.17, 15) is 0 Å². The van der Waals surface area contributed by atoms with Gasteiger partial charge in [0.25, 0.3) is 0 Å². The molecule has 0 radical (unpaired) electrons. The highest BCUT2D eigenvalue weighted by molar-refractivity contribution is 5.18. The van der Waals surface area contributed by atoms with Gasteiger partial charge in [0.2, 0.25) is 0 Å². The second-order valence-electron chi connectivity index (χ2n) is 5.04. The van der Waals surface area contributed by atoms with Gasteiger partial charge < -0.3 is 0 Å². The van der Waals surface area contributed by atoms with Gasteiger partial charge in [-0.3, -0.25) is 0 Å². The second kappa shape index (κ2) is 7.00. The van der Waals surface area contributed by atoms with Gasteiger partial charge in [-0.05, 0) is 36.3 Å². The van der Waals surface area contributed by atoms with Gasteiger partial charge in [-0.2, -0.15) is 0 Å². The Morgan fingerprint density at radius 1 is 0.778 bits per heavy atom. The molecule has 0 aromatic heterocycles. The van der Waals surface area contributed by atoms with Crippen molar-refractivity contribution >= 4 is 0 Å². The SMILES string of the molecule is CC(CCCCc1ccccc1)c1ccccc1. The van der Waals surface area contributed by atoms with Crippen LogP contribution in [0.25, 0.3) is 0 Å². The Bertz CT molecular complexity index is 430. The number of hydrogen-bond acceptors (Lipinski definition) is 0. The Balaban J connectivity index is 1.70. The molecule has 0 heteroatoms. The molecular formula is C18H22. The molecule has 18 heavy (non-hydrogen) atoms. The highest BCUT2D eigenvalue weighted by Gasteiger charge is 2.04. The monoisotopic (exact) mass is 238 g/mol. The molecule has 2 aromatic rings. The summed E-state index contributed by atoms with van der Waals surface area (Å²) >= 11 is 0. The third kappa shape index (κ3) is 4.03. The summed E-state index contributed by atoms with van der Waals surface area (Å²) in [7, 11) is 0. The number of rotatable bonds is 6. The Morgan fingerprint density at radius 2 is 1.39 bits per heavy atom. The molecule has 0 fully saturated rings. The maximum atomic E-state index is 2.33. The molecule has 1 atom stereocenters. The first-order valence-corrected chi connectivity index (χ1v) is 6.95. The van der Waals surface area contributed by atoms with Crippen LogP contribution in [-0.2, 0) is 6.42 Å². The lowest BCUT2D eigenvalue weighted by Crippen LogP contribution is -1.94. The molecule has 0 spiro atoms. The average molecular weight is 238 g/mol. The van der Waals surface area contributed by atoms with E-state index in [2.05, 4.69) is 67.6 Å². The zero-order chi connectivity index (χ0) is 12.6. The summed E-state index contributed by atoms with van der Waals surface area (Å²) in [5.41, 5.74) is 2.93. The molecule has 94 valence electrons. The molecule has 0 aliphatic rings. The highest BCUT2D eigenvalue weighted by atomic mass is 14.1. The average Bonchev–Trinajstić information content (AvgIpc) is 2.45. The standard InChI is InChI=1S/C18H22/c1-16(18-14-6-3-7-15-18)10-8-9-13-17-11-4-2-5-12-17/h2-7,11-12,14-16H,8-10,13H2,1H3. The summed E-state index contributed by atoms with van der Waals surface area (Å²) in [5, 5.41) is 0. The van der Waals surface area contributed by atoms with Crippen molar-refractivity contribution in [1.82, 2.24) is 0 Å². The molecule has 2 aromatic carbocycles. The molecular weight excluding hydrogens is 216 g/mol. The van der Waals surface area contributed by atoms with Crippen LogP contribution in [0.15, 0.2) is 60.7 Å². The second-order valence-corrected chi connectivity index (χ2v) is 5.04. The van der Waals surface area contributed by atoms with Crippen LogP contribution in [-0.4, -0.2) is 0 Å². The fourth-order valence-corrected chi connectivity index (χ4v) is 2.37. The summed E-state index contributed by atoms with van der Waals surface area (Å²) < 4.78 is 0. The first-order valence-electron chi connectivity index (χ1n) is 6.95. The first kappa shape index (κ1) is 12.9. The molecule has 2 rings (SSSR count). The van der Waals surface area contributed by atoms with Gasteiger partial charge in [0.15, 0.2) is 0 Å². The van der Waals surface area contributed by atoms with Crippen LogP contribution >= 0.6 is 0 Å². The molecule has 0 bridgehead atoms. The Kier molecular flexibility index (Phi) is 5.01. The third-order valence-corrected chi connectivity index (χ3v) is 3.56. The highest BCUT2D eigenvalue weighted by Crippen LogP contribution is 2.21. The molecule has 0 N–H and O–H groups in total. The summed E-state index contributed by atoms with van der Waals surface area (Å²) in [4.78, 5) is 0. The van der Waals surface area contributed by atoms with Gasteiger partial charge in [-0.25, -0.2) is 0 Å². The van der Waals surface area contributed by atoms with Gasteiger partial charge in [-0.1, -0.05) is 74.0 Å². The van der Waals surface area contributed by atoms with E-state index in [-0.39, 0.29) is 0 Å². The molecule has 0 aliphatic carbocycles. The number of aryl methyl sites for hydroxylation is 1. The van der Waals surface area contributed by atoms with E-state index in [4.69, 9.17) is 0 Å². The molecule has 0 aliphatic heterocycles. The van der Waals surface area contributed by atoms with Crippen LogP contribution in [0, 0.1) is 0 Å². The molecule has 0 amide bonds. The van der Waals surface area contributed by atoms with Crippen molar-refractivity contribution in [3.05, 3.63) is 71.8 Å². The van der Waals surface area contributed by atoms with Crippen molar-refractivity contribution in [3.63, 3.8) is 0 Å². The van der Waals surface area contributed by atoms with E-state index in [1.165, 1.54) is 36.8 Å². The van der Waals surface area contributed by atoms with Crippen LogP contribution in [0.4, 0.5) is 0 Å². The Labute approximate surface area is 111 Å². The van der Waals surface area contributed by atoms with Crippen molar-refractivity contribution in [2.45, 2.75) is 38.5 Å². The lowest BCUT2D eigenvalue weighted by atomic mass is 9.94. The summed E-state index contributed by atoms with van der Waals surface area (Å²) in [5.74, 6) is 0.682. The van der Waals surface area contributed by atoms with E-state index in [1.807, 2.05) is 0 Å². The normalized spacial score (nSPS) is 12.3. The molecule has 0 saturated heterocycles. The third-order valence-electron chi connectivity index (χ3n) is 3.56. The van der Waals surface area contributed by atoms with Crippen LogP contribution < -0.4 is 0 Å². The molecule has 0 saturated carbocycles. The van der Waals surface area contributed by atoms with Crippen molar-refractivity contribution < 1.29 is 0 Å². The van der Waals surface area contributed by atoms with E-state index < -0.39 is 0 Å². The predicted octanol–water partition coefficient (Wildman–Crippen LogP) is 5.20. The van der Waals surface area contributed by atoms with Gasteiger partial charge in [0.05, 0.1) is 0 Å². The molecule has 0 nitrogen and oxygen atoms in total. The zero-order valence-electron chi connectivity index (χ0n) is 11.2. The Hall–Kier alpha value is -1.56. The summed E-state index contributed by atoms with van der Waals surface area (Å²) in [6.45, 7) is 2.33. The molecule has 1 unspecified atom stereocenters. The fraction of sp³-hybridized carbons (Fsp3) is 0.333. The number of benzene rings is 2. The minimum absolute atomic E-state index is 0.682. The maximum Gasteiger partial charge on any atom is -0.0190 e. The van der Waals surface area contributed by atoms with Crippen molar-refractivity contribution in [1.29, 1.82) is 0 Å². The lowest BCUT2D eigenvalue weighted by Gasteiger charge is -2.11. The van der Waals surface area contributed by atoms with Crippen LogP contribution in [0.5, 0.6) is 0 Å². The van der Waals surface area contributed by atoms with Crippen LogP contribution in [0.1, 0.15) is 43.2 Å². The van der Waals surface area contributed by atoms with Crippen molar-refractivity contribution in [2.75, 3.05) is 0 Å². The molecule has 0 heterocycles. The van der Waals surface area contributed by atoms with Crippen LogP contribution in [0.2, 0.25) is 0 Å². The maximum absolute atomic E-state index is 2.33. The quantitative estimate of drug-likeness (QED) is 0.606. The largest absolute Gasteiger partial charge is 0.0622 e. The van der Waals surface area contributed by atoms with Crippen LogP contribution in [0.3, 0.4) is 0 Å². The van der Waals surface area contributed by atoms with Gasteiger partial charge >= 0.3 is 0 Å². The van der Waals surface area contributed by atoms with Crippen molar-refractivity contribution in [3.8, 4) is 0 Å². The summed E-state index contributed by atoms with van der Waals surface area (Å²) in [6, 6.07) is 21.6. The zero-order valence-corrected chi connectivity index (χ0v) is 11.2. The van der Waals surface area contributed by atoms with E-state index in [0.29, 0.717) is 5.92 Å². The first-order chi connectivity index (χ1) is 8.86. The van der Waals surface area contributed by atoms with Gasteiger partial charge in [0.1, 0.15) is 0 Å². The van der Waals surface area contributed by atoms with Gasteiger partial charge in [-0.15, -0.1) is 0 Å². The topological polar surface area (TPSA) is 0 Å².